The summed E-state index contributed by atoms with van der Waals surface area (Å²) in [7, 11) is -3.53. The fourth-order valence-corrected chi connectivity index (χ4v) is 4.24. The van der Waals surface area contributed by atoms with Crippen molar-refractivity contribution in [3.63, 3.8) is 0 Å². The number of sulfone groups is 1. The van der Waals surface area contributed by atoms with Crippen molar-refractivity contribution in [2.75, 3.05) is 13.1 Å². The summed E-state index contributed by atoms with van der Waals surface area (Å²) < 4.78 is 24.9. The largest absolute Gasteiger partial charge is 0.315 e. The minimum absolute atomic E-state index is 0.0504. The van der Waals surface area contributed by atoms with Crippen LogP contribution in [0.2, 0.25) is 5.15 Å². The smallest absolute Gasteiger partial charge is 0.202 e. The monoisotopic (exact) mass is 297 g/mol. The van der Waals surface area contributed by atoms with Crippen molar-refractivity contribution in [1.29, 1.82) is 0 Å². The van der Waals surface area contributed by atoms with Crippen LogP contribution in [0.4, 0.5) is 0 Å². The Balaban J connectivity index is 2.16. The molecule has 1 atom stereocenters. The Morgan fingerprint density at radius 1 is 1.21 bits per heavy atom. The molecule has 3 rings (SSSR count). The third-order valence-corrected chi connectivity index (χ3v) is 5.70. The average Bonchev–Trinajstić information content (AvgIpc) is 2.92. The molecular weight excluding hydrogens is 286 g/mol. The lowest BCUT2D eigenvalue weighted by Gasteiger charge is -2.11. The number of aromatic nitrogens is 2. The molecule has 19 heavy (non-hydrogen) atoms. The van der Waals surface area contributed by atoms with Crippen LogP contribution in [0.1, 0.15) is 6.42 Å². The molecule has 2 heterocycles. The highest BCUT2D eigenvalue weighted by atomic mass is 35.5. The summed E-state index contributed by atoms with van der Waals surface area (Å²) in [5.41, 5.74) is 1.13. The van der Waals surface area contributed by atoms with Crippen LogP contribution in [0.3, 0.4) is 0 Å². The molecule has 0 radical (unpaired) electrons. The maximum Gasteiger partial charge on any atom is 0.202 e. The summed E-state index contributed by atoms with van der Waals surface area (Å²) in [5.74, 6) is 0. The molecule has 5 nitrogen and oxygen atoms in total. The molecule has 0 amide bonds. The van der Waals surface area contributed by atoms with Crippen LogP contribution in [-0.2, 0) is 9.84 Å². The lowest BCUT2D eigenvalue weighted by molar-refractivity contribution is 0.579. The molecule has 1 aliphatic heterocycles. The number of para-hydroxylation sites is 2. The normalized spacial score (nSPS) is 19.9. The van der Waals surface area contributed by atoms with Crippen molar-refractivity contribution in [3.8, 4) is 0 Å². The zero-order chi connectivity index (χ0) is 13.5. The first-order valence-corrected chi connectivity index (χ1v) is 7.88. The van der Waals surface area contributed by atoms with Crippen molar-refractivity contribution < 1.29 is 8.42 Å². The predicted molar refractivity (Wildman–Crippen MR) is 73.0 cm³/mol. The molecule has 7 heteroatoms. The van der Waals surface area contributed by atoms with E-state index in [9.17, 15) is 8.42 Å². The van der Waals surface area contributed by atoms with Crippen LogP contribution >= 0.6 is 11.6 Å². The van der Waals surface area contributed by atoms with Gasteiger partial charge in [0.2, 0.25) is 9.84 Å². The summed E-state index contributed by atoms with van der Waals surface area (Å²) in [6, 6.07) is 7.08. The van der Waals surface area contributed by atoms with Gasteiger partial charge < -0.3 is 5.32 Å². The highest BCUT2D eigenvalue weighted by Gasteiger charge is 2.33. The summed E-state index contributed by atoms with van der Waals surface area (Å²) in [5, 5.41) is 2.40. The molecule has 1 N–H and O–H groups in total. The van der Waals surface area contributed by atoms with E-state index in [0.29, 0.717) is 30.5 Å². The van der Waals surface area contributed by atoms with Gasteiger partial charge in [0.05, 0.1) is 16.3 Å². The van der Waals surface area contributed by atoms with E-state index < -0.39 is 15.1 Å². The molecular formula is C12H12ClN3O2S. The SMILES string of the molecule is O=S(=O)(c1nc2ccccc2nc1Cl)[C@H]1CCNC1. The van der Waals surface area contributed by atoms with Crippen LogP contribution in [0.25, 0.3) is 11.0 Å². The second-order valence-electron chi connectivity index (χ2n) is 4.47. The van der Waals surface area contributed by atoms with E-state index in [1.807, 2.05) is 6.07 Å². The van der Waals surface area contributed by atoms with E-state index >= 15 is 0 Å². The number of fused-ring (bicyclic) bond motifs is 1. The van der Waals surface area contributed by atoms with E-state index in [-0.39, 0.29) is 10.2 Å². The van der Waals surface area contributed by atoms with Crippen molar-refractivity contribution in [2.24, 2.45) is 0 Å². The van der Waals surface area contributed by atoms with Crippen LogP contribution < -0.4 is 5.32 Å². The number of halogens is 1. The van der Waals surface area contributed by atoms with Gasteiger partial charge in [0.15, 0.2) is 10.2 Å². The third kappa shape index (κ3) is 2.20. The fraction of sp³-hybridized carbons (Fsp3) is 0.333. The highest BCUT2D eigenvalue weighted by Crippen LogP contribution is 2.26. The van der Waals surface area contributed by atoms with Gasteiger partial charge in [-0.3, -0.25) is 0 Å². The number of nitrogens with zero attached hydrogens (tertiary/aromatic N) is 2. The van der Waals surface area contributed by atoms with Crippen LogP contribution in [0.15, 0.2) is 29.3 Å². The number of rotatable bonds is 2. The minimum atomic E-state index is -3.53. The van der Waals surface area contributed by atoms with Gasteiger partial charge in [-0.1, -0.05) is 23.7 Å². The summed E-state index contributed by atoms with van der Waals surface area (Å²) >= 11 is 5.99. The zero-order valence-corrected chi connectivity index (χ0v) is 11.6. The molecule has 0 unspecified atom stereocenters. The molecule has 1 aliphatic rings. The summed E-state index contributed by atoms with van der Waals surface area (Å²) in [6.07, 6.45) is 0.577. The second-order valence-corrected chi connectivity index (χ2v) is 6.97. The van der Waals surface area contributed by atoms with Crippen molar-refractivity contribution in [1.82, 2.24) is 15.3 Å². The fourth-order valence-electron chi connectivity index (χ4n) is 2.19. The Hall–Kier alpha value is -1.24. The highest BCUT2D eigenvalue weighted by molar-refractivity contribution is 7.92. The Bertz CT molecular complexity index is 727. The molecule has 1 aromatic carbocycles. The van der Waals surface area contributed by atoms with E-state index in [0.717, 1.165) is 0 Å². The van der Waals surface area contributed by atoms with Crippen molar-refractivity contribution in [2.45, 2.75) is 16.7 Å². The first-order valence-electron chi connectivity index (χ1n) is 5.96. The molecule has 1 fully saturated rings. The van der Waals surface area contributed by atoms with Crippen molar-refractivity contribution >= 4 is 32.5 Å². The predicted octanol–water partition coefficient (Wildman–Crippen LogP) is 1.42. The topological polar surface area (TPSA) is 72.0 Å². The van der Waals surface area contributed by atoms with Crippen molar-refractivity contribution in [3.05, 3.63) is 29.4 Å². The Morgan fingerprint density at radius 3 is 2.53 bits per heavy atom. The van der Waals surface area contributed by atoms with Crippen LogP contribution in [0.5, 0.6) is 0 Å². The van der Waals surface area contributed by atoms with Gasteiger partial charge in [0, 0.05) is 6.54 Å². The standard InChI is InChI=1S/C12H12ClN3O2S/c13-11-12(19(17,18)8-5-6-14-7-8)16-10-4-2-1-3-9(10)15-11/h1-4,8,14H,5-7H2/t8-/m0/s1. The van der Waals surface area contributed by atoms with Gasteiger partial charge in [-0.25, -0.2) is 18.4 Å². The van der Waals surface area contributed by atoms with Crippen LogP contribution in [0, 0.1) is 0 Å². The maximum absolute atomic E-state index is 12.5. The maximum atomic E-state index is 12.5. The zero-order valence-electron chi connectivity index (χ0n) is 10.0. The minimum Gasteiger partial charge on any atom is -0.315 e. The van der Waals surface area contributed by atoms with E-state index in [1.54, 1.807) is 18.2 Å². The summed E-state index contributed by atoms with van der Waals surface area (Å²) in [6.45, 7) is 1.13. The van der Waals surface area contributed by atoms with Gasteiger partial charge >= 0.3 is 0 Å². The Morgan fingerprint density at radius 2 is 1.89 bits per heavy atom. The van der Waals surface area contributed by atoms with E-state index in [4.69, 9.17) is 11.6 Å². The first kappa shape index (κ1) is 12.8. The molecule has 0 spiro atoms. The Labute approximate surface area is 115 Å². The number of hydrogen-bond acceptors (Lipinski definition) is 5. The molecule has 0 saturated carbocycles. The van der Waals surface area contributed by atoms with Gasteiger partial charge in [-0.2, -0.15) is 0 Å². The van der Waals surface area contributed by atoms with Gasteiger partial charge in [0.1, 0.15) is 0 Å². The third-order valence-electron chi connectivity index (χ3n) is 3.22. The number of benzene rings is 1. The van der Waals surface area contributed by atoms with E-state index in [2.05, 4.69) is 15.3 Å². The number of hydrogen-bond donors (Lipinski definition) is 1. The molecule has 1 saturated heterocycles. The van der Waals surface area contributed by atoms with Gasteiger partial charge in [-0.15, -0.1) is 0 Å². The molecule has 0 aliphatic carbocycles. The van der Waals surface area contributed by atoms with E-state index in [1.165, 1.54) is 0 Å². The first-order chi connectivity index (χ1) is 9.09. The lowest BCUT2D eigenvalue weighted by Crippen LogP contribution is -2.25. The quantitative estimate of drug-likeness (QED) is 0.907. The average molecular weight is 298 g/mol. The lowest BCUT2D eigenvalue weighted by atomic mass is 10.3. The molecule has 2 aromatic rings. The van der Waals surface area contributed by atoms with Crippen LogP contribution in [-0.4, -0.2) is 36.7 Å². The molecule has 100 valence electrons. The molecule has 1 aromatic heterocycles. The van der Waals surface area contributed by atoms with Gasteiger partial charge in [-0.05, 0) is 25.1 Å². The molecule has 0 bridgehead atoms. The summed E-state index contributed by atoms with van der Waals surface area (Å²) in [4.78, 5) is 8.30. The number of nitrogens with one attached hydrogen (secondary N) is 1. The second kappa shape index (κ2) is 4.70. The van der Waals surface area contributed by atoms with Gasteiger partial charge in [0.25, 0.3) is 0 Å². The Kier molecular flexibility index (Phi) is 3.16.